The third-order valence-electron chi connectivity index (χ3n) is 2.56. The van der Waals surface area contributed by atoms with E-state index in [1.54, 1.807) is 6.07 Å². The first-order valence-electron chi connectivity index (χ1n) is 5.22. The van der Waals surface area contributed by atoms with Crippen LogP contribution in [0.4, 0.5) is 13.2 Å². The van der Waals surface area contributed by atoms with E-state index in [0.717, 1.165) is 12.1 Å². The average Bonchev–Trinajstić information content (AvgIpc) is 2.33. The van der Waals surface area contributed by atoms with Crippen molar-refractivity contribution in [1.82, 2.24) is 0 Å². The van der Waals surface area contributed by atoms with E-state index in [9.17, 15) is 13.2 Å². The molecule has 0 aromatic heterocycles. The van der Waals surface area contributed by atoms with E-state index in [-0.39, 0.29) is 20.6 Å². The van der Waals surface area contributed by atoms with Gasteiger partial charge in [0.2, 0.25) is 0 Å². The quantitative estimate of drug-likeness (QED) is 0.326. The monoisotopic (exact) mass is 450 g/mol. The maximum atomic E-state index is 12.8. The van der Waals surface area contributed by atoms with Crippen LogP contribution in [0, 0.1) is 3.57 Å². The Morgan fingerprint density at radius 2 is 1.50 bits per heavy atom. The number of halogens is 7. The minimum Gasteiger partial charge on any atom is -0.166 e. The zero-order chi connectivity index (χ0) is 15.1. The maximum absolute atomic E-state index is 12.8. The summed E-state index contributed by atoms with van der Waals surface area (Å²) in [7, 11) is 0. The molecule has 106 valence electrons. The minimum absolute atomic E-state index is 0.134. The van der Waals surface area contributed by atoms with Crippen LogP contribution >= 0.6 is 57.4 Å². The molecule has 7 heteroatoms. The van der Waals surface area contributed by atoms with Crippen LogP contribution in [0.25, 0.3) is 11.1 Å². The van der Waals surface area contributed by atoms with Crippen molar-refractivity contribution >= 4 is 57.4 Å². The van der Waals surface area contributed by atoms with Crippen molar-refractivity contribution in [2.24, 2.45) is 0 Å². The molecule has 0 atom stereocenters. The fraction of sp³-hybridized carbons (Fsp3) is 0.0769. The molecule has 0 amide bonds. The molecule has 0 N–H and O–H groups in total. The molecule has 0 saturated carbocycles. The van der Waals surface area contributed by atoms with Crippen LogP contribution in [0.3, 0.4) is 0 Å². The average molecular weight is 451 g/mol. The van der Waals surface area contributed by atoms with Crippen molar-refractivity contribution in [2.45, 2.75) is 6.18 Å². The van der Waals surface area contributed by atoms with Gasteiger partial charge in [0.25, 0.3) is 0 Å². The second kappa shape index (κ2) is 5.91. The van der Waals surface area contributed by atoms with Gasteiger partial charge in [0, 0.05) is 14.2 Å². The maximum Gasteiger partial charge on any atom is 0.416 e. The van der Waals surface area contributed by atoms with E-state index < -0.39 is 11.7 Å². The summed E-state index contributed by atoms with van der Waals surface area (Å²) in [5.74, 6) is 0. The number of benzene rings is 2. The highest BCUT2D eigenvalue weighted by Crippen LogP contribution is 2.41. The smallest absolute Gasteiger partial charge is 0.166 e. The summed E-state index contributed by atoms with van der Waals surface area (Å²) in [4.78, 5) is 0. The van der Waals surface area contributed by atoms with Crippen LogP contribution in [0.1, 0.15) is 5.56 Å². The van der Waals surface area contributed by atoms with Gasteiger partial charge in [0.1, 0.15) is 0 Å². The molecule has 20 heavy (non-hydrogen) atoms. The molecule has 2 aromatic carbocycles. The van der Waals surface area contributed by atoms with Gasteiger partial charge >= 0.3 is 6.18 Å². The summed E-state index contributed by atoms with van der Waals surface area (Å²) in [6, 6.07) is 6.62. The molecule has 0 fully saturated rings. The number of alkyl halides is 3. The summed E-state index contributed by atoms with van der Waals surface area (Å²) >= 11 is 19.8. The van der Waals surface area contributed by atoms with E-state index in [2.05, 4.69) is 0 Å². The van der Waals surface area contributed by atoms with Crippen LogP contribution in [0.15, 0.2) is 30.3 Å². The van der Waals surface area contributed by atoms with Gasteiger partial charge in [0.15, 0.2) is 0 Å². The van der Waals surface area contributed by atoms with Gasteiger partial charge in [-0.3, -0.25) is 0 Å². The standard InChI is InChI=1S/C13H5Cl3F3I/c14-9-1-2-10(15)12(16)11(9)6-3-7(13(17,18)19)5-8(20)4-6/h1-5H. The van der Waals surface area contributed by atoms with Crippen molar-refractivity contribution in [3.8, 4) is 11.1 Å². The Hall–Kier alpha value is -0.170. The number of hydrogen-bond donors (Lipinski definition) is 0. The molecule has 0 aliphatic rings. The lowest BCUT2D eigenvalue weighted by molar-refractivity contribution is -0.137. The molecule has 2 aromatic rings. The first-order valence-corrected chi connectivity index (χ1v) is 7.43. The van der Waals surface area contributed by atoms with Gasteiger partial charge in [-0.2, -0.15) is 13.2 Å². The van der Waals surface area contributed by atoms with Crippen molar-refractivity contribution in [1.29, 1.82) is 0 Å². The molecule has 0 radical (unpaired) electrons. The molecule has 0 nitrogen and oxygen atoms in total. The van der Waals surface area contributed by atoms with Crippen LogP contribution in [0.5, 0.6) is 0 Å². The SMILES string of the molecule is FC(F)(F)c1cc(I)cc(-c2c(Cl)ccc(Cl)c2Cl)c1. The van der Waals surface area contributed by atoms with E-state index in [0.29, 0.717) is 9.13 Å². The normalized spacial score (nSPS) is 11.8. The molecule has 0 bridgehead atoms. The zero-order valence-electron chi connectivity index (χ0n) is 9.53. The Kier molecular flexibility index (Phi) is 4.79. The second-order valence-corrected chi connectivity index (χ2v) is 6.38. The van der Waals surface area contributed by atoms with Gasteiger partial charge in [0.05, 0.1) is 15.6 Å². The van der Waals surface area contributed by atoms with Crippen LogP contribution in [0.2, 0.25) is 15.1 Å². The number of hydrogen-bond acceptors (Lipinski definition) is 0. The molecule has 0 spiro atoms. The van der Waals surface area contributed by atoms with Gasteiger partial charge < -0.3 is 0 Å². The Balaban J connectivity index is 2.71. The predicted octanol–water partition coefficient (Wildman–Crippen LogP) is 6.94. The van der Waals surface area contributed by atoms with Crippen molar-refractivity contribution in [3.63, 3.8) is 0 Å². The fourth-order valence-electron chi connectivity index (χ4n) is 1.69. The fourth-order valence-corrected chi connectivity index (χ4v) is 3.11. The van der Waals surface area contributed by atoms with Gasteiger partial charge in [-0.15, -0.1) is 0 Å². The molecule has 0 aliphatic heterocycles. The highest BCUT2D eigenvalue weighted by molar-refractivity contribution is 14.1. The van der Waals surface area contributed by atoms with Crippen molar-refractivity contribution < 1.29 is 13.2 Å². The first kappa shape index (κ1) is 16.2. The molecular formula is C13H5Cl3F3I. The summed E-state index contributed by atoms with van der Waals surface area (Å²) in [5.41, 5.74) is -0.182. The third-order valence-corrected chi connectivity index (χ3v) is 4.30. The lowest BCUT2D eigenvalue weighted by Gasteiger charge is -2.13. The van der Waals surface area contributed by atoms with Crippen LogP contribution in [-0.2, 0) is 6.18 Å². The van der Waals surface area contributed by atoms with Crippen molar-refractivity contribution in [2.75, 3.05) is 0 Å². The zero-order valence-corrected chi connectivity index (χ0v) is 14.0. The lowest BCUT2D eigenvalue weighted by atomic mass is 10.0. The molecule has 2 rings (SSSR count). The Labute approximate surface area is 142 Å². The largest absolute Gasteiger partial charge is 0.416 e. The highest BCUT2D eigenvalue weighted by atomic mass is 127. The Morgan fingerprint density at radius 1 is 0.900 bits per heavy atom. The van der Waals surface area contributed by atoms with Crippen LogP contribution in [-0.4, -0.2) is 0 Å². The summed E-state index contributed by atoms with van der Waals surface area (Å²) in [6.07, 6.45) is -4.44. The summed E-state index contributed by atoms with van der Waals surface area (Å²) in [5, 5.41) is 0.613. The third kappa shape index (κ3) is 3.35. The molecule has 0 aliphatic carbocycles. The lowest BCUT2D eigenvalue weighted by Crippen LogP contribution is -2.05. The summed E-state index contributed by atoms with van der Waals surface area (Å²) in [6.45, 7) is 0. The van der Waals surface area contributed by atoms with E-state index in [1.165, 1.54) is 12.1 Å². The van der Waals surface area contributed by atoms with Crippen molar-refractivity contribution in [3.05, 3.63) is 54.5 Å². The minimum atomic E-state index is -4.44. The first-order chi connectivity index (χ1) is 9.20. The highest BCUT2D eigenvalue weighted by Gasteiger charge is 2.31. The molecular weight excluding hydrogens is 446 g/mol. The second-order valence-electron chi connectivity index (χ2n) is 3.94. The molecule has 0 unspecified atom stereocenters. The van der Waals surface area contributed by atoms with E-state index in [1.807, 2.05) is 22.6 Å². The van der Waals surface area contributed by atoms with Gasteiger partial charge in [-0.05, 0) is 58.5 Å². The Morgan fingerprint density at radius 3 is 2.10 bits per heavy atom. The molecule has 0 saturated heterocycles. The predicted molar refractivity (Wildman–Crippen MR) is 84.6 cm³/mol. The van der Waals surface area contributed by atoms with Gasteiger partial charge in [-0.25, -0.2) is 0 Å². The molecule has 0 heterocycles. The topological polar surface area (TPSA) is 0 Å². The van der Waals surface area contributed by atoms with E-state index in [4.69, 9.17) is 34.8 Å². The van der Waals surface area contributed by atoms with Gasteiger partial charge in [-0.1, -0.05) is 34.8 Å². The van der Waals surface area contributed by atoms with Crippen LogP contribution < -0.4 is 0 Å². The Bertz CT molecular complexity index is 669. The van der Waals surface area contributed by atoms with E-state index >= 15 is 0 Å². The number of rotatable bonds is 1. The summed E-state index contributed by atoms with van der Waals surface area (Å²) < 4.78 is 39.0.